The first-order valence-electron chi connectivity index (χ1n) is 13.2. The van der Waals surface area contributed by atoms with E-state index < -0.39 is 28.7 Å². The van der Waals surface area contributed by atoms with Gasteiger partial charge in [-0.2, -0.15) is 13.2 Å². The molecule has 0 bridgehead atoms. The molecule has 0 spiro atoms. The number of hydrogen-bond donors (Lipinski definition) is 2. The number of alkyl halides is 3. The van der Waals surface area contributed by atoms with E-state index in [4.69, 9.17) is 16.6 Å². The van der Waals surface area contributed by atoms with Crippen molar-refractivity contribution < 1.29 is 22.8 Å². The number of anilines is 1. The Balaban J connectivity index is 1.72. The van der Waals surface area contributed by atoms with Crippen LogP contribution >= 0.6 is 23.4 Å². The fourth-order valence-electron chi connectivity index (χ4n) is 5.21. The molecule has 1 aromatic carbocycles. The lowest BCUT2D eigenvalue weighted by atomic mass is 9.97. The maximum absolute atomic E-state index is 14.0. The van der Waals surface area contributed by atoms with Crippen molar-refractivity contribution in [2.75, 3.05) is 18.1 Å². The van der Waals surface area contributed by atoms with Gasteiger partial charge in [-0.25, -0.2) is 4.98 Å². The van der Waals surface area contributed by atoms with Crippen LogP contribution in [0.1, 0.15) is 72.6 Å². The van der Waals surface area contributed by atoms with Crippen LogP contribution in [0.25, 0.3) is 0 Å². The third kappa shape index (κ3) is 6.27. The number of fused-ring (bicyclic) bond motifs is 1. The topological polar surface area (TPSA) is 96.3 Å². The van der Waals surface area contributed by atoms with Crippen LogP contribution in [0.4, 0.5) is 19.1 Å². The molecule has 3 heterocycles. The molecule has 1 aromatic heterocycles. The molecule has 2 N–H and O–H groups in total. The number of amides is 2. The summed E-state index contributed by atoms with van der Waals surface area (Å²) in [6, 6.07) is 2.58. The standard InChI is InChI=1S/C27H33ClF3N5O3S/c1-14(2)33-26-34-21-13-35(24(38)17-7-8-20(28)19(11-17)27(29,30)31)15(3)10-18(21)25(39)36(26)22-12-16(23(37)32-4)6-5-9-40-22/h7-8,11,14-16,22H,5-6,9-10,12-13H2,1-4H3,(H,32,37)(H,33,34)/t15-,16+,22+/m1/s1. The van der Waals surface area contributed by atoms with Crippen molar-refractivity contribution in [1.82, 2.24) is 19.8 Å². The van der Waals surface area contributed by atoms with E-state index in [-0.39, 0.29) is 47.3 Å². The second-order valence-corrected chi connectivity index (χ2v) is 12.2. The molecule has 1 fully saturated rings. The summed E-state index contributed by atoms with van der Waals surface area (Å²) < 4.78 is 41.9. The number of benzene rings is 1. The second kappa shape index (κ2) is 12.0. The highest BCUT2D eigenvalue weighted by molar-refractivity contribution is 7.99. The van der Waals surface area contributed by atoms with E-state index in [0.29, 0.717) is 23.6 Å². The molecule has 1 saturated heterocycles. The fourth-order valence-corrected chi connectivity index (χ4v) is 6.76. The summed E-state index contributed by atoms with van der Waals surface area (Å²) in [7, 11) is 1.61. The Morgan fingerprint density at radius 2 is 1.98 bits per heavy atom. The van der Waals surface area contributed by atoms with E-state index in [1.165, 1.54) is 11.0 Å². The summed E-state index contributed by atoms with van der Waals surface area (Å²) in [5.41, 5.74) is -0.573. The van der Waals surface area contributed by atoms with Crippen LogP contribution in [0.3, 0.4) is 0 Å². The quantitative estimate of drug-likeness (QED) is 0.496. The van der Waals surface area contributed by atoms with Gasteiger partial charge in [-0.15, -0.1) is 11.8 Å². The lowest BCUT2D eigenvalue weighted by molar-refractivity contribution is -0.137. The van der Waals surface area contributed by atoms with Crippen molar-refractivity contribution in [2.45, 2.75) is 76.6 Å². The monoisotopic (exact) mass is 599 g/mol. The van der Waals surface area contributed by atoms with Crippen LogP contribution < -0.4 is 16.2 Å². The molecule has 13 heteroatoms. The molecular formula is C27H33ClF3N5O3S. The Kier molecular flexibility index (Phi) is 9.08. The van der Waals surface area contributed by atoms with E-state index in [2.05, 4.69) is 10.6 Å². The van der Waals surface area contributed by atoms with Crippen molar-refractivity contribution in [1.29, 1.82) is 0 Å². The Morgan fingerprint density at radius 1 is 1.25 bits per heavy atom. The van der Waals surface area contributed by atoms with Gasteiger partial charge in [0.2, 0.25) is 11.9 Å². The van der Waals surface area contributed by atoms with E-state index in [9.17, 15) is 27.6 Å². The van der Waals surface area contributed by atoms with Crippen LogP contribution in [0.2, 0.25) is 5.02 Å². The maximum atomic E-state index is 14.0. The number of halogens is 4. The fraction of sp³-hybridized carbons (Fsp3) is 0.556. The number of hydrogen-bond acceptors (Lipinski definition) is 6. The number of carbonyl (C=O) groups is 2. The lowest BCUT2D eigenvalue weighted by Gasteiger charge is -2.35. The van der Waals surface area contributed by atoms with Gasteiger partial charge in [0, 0.05) is 36.2 Å². The number of aromatic nitrogens is 2. The van der Waals surface area contributed by atoms with Gasteiger partial charge in [-0.3, -0.25) is 19.0 Å². The third-order valence-corrected chi connectivity index (χ3v) is 8.88. The zero-order chi connectivity index (χ0) is 29.4. The zero-order valence-electron chi connectivity index (χ0n) is 22.8. The Morgan fingerprint density at radius 3 is 2.62 bits per heavy atom. The van der Waals surface area contributed by atoms with Crippen molar-refractivity contribution in [3.8, 4) is 0 Å². The molecule has 8 nitrogen and oxygen atoms in total. The molecule has 0 unspecified atom stereocenters. The van der Waals surface area contributed by atoms with Gasteiger partial charge in [-0.05, 0) is 70.4 Å². The first-order valence-corrected chi connectivity index (χ1v) is 14.7. The molecule has 0 aliphatic carbocycles. The van der Waals surface area contributed by atoms with Gasteiger partial charge < -0.3 is 15.5 Å². The second-order valence-electron chi connectivity index (χ2n) is 10.5. The van der Waals surface area contributed by atoms with Gasteiger partial charge >= 0.3 is 6.18 Å². The molecule has 2 aromatic rings. The number of nitrogens with zero attached hydrogens (tertiary/aromatic N) is 3. The zero-order valence-corrected chi connectivity index (χ0v) is 24.3. The summed E-state index contributed by atoms with van der Waals surface area (Å²) in [5, 5.41) is 5.19. The minimum atomic E-state index is -4.70. The van der Waals surface area contributed by atoms with Crippen molar-refractivity contribution in [2.24, 2.45) is 5.92 Å². The molecule has 2 amide bonds. The summed E-state index contributed by atoms with van der Waals surface area (Å²) in [6.07, 6.45) is -2.43. The van der Waals surface area contributed by atoms with Gasteiger partial charge in [-0.1, -0.05) is 11.6 Å². The van der Waals surface area contributed by atoms with Crippen molar-refractivity contribution >= 4 is 41.1 Å². The van der Waals surface area contributed by atoms with Crippen LogP contribution in [-0.2, 0) is 23.9 Å². The highest BCUT2D eigenvalue weighted by Crippen LogP contribution is 2.38. The first-order chi connectivity index (χ1) is 18.8. The summed E-state index contributed by atoms with van der Waals surface area (Å²) in [6.45, 7) is 5.56. The normalized spacial score (nSPS) is 21.5. The van der Waals surface area contributed by atoms with E-state index in [0.717, 1.165) is 30.7 Å². The largest absolute Gasteiger partial charge is 0.417 e. The third-order valence-electron chi connectivity index (χ3n) is 7.24. The number of thioether (sulfide) groups is 1. The highest BCUT2D eigenvalue weighted by Gasteiger charge is 2.37. The molecule has 2 aliphatic heterocycles. The van der Waals surface area contributed by atoms with Gasteiger partial charge in [0.1, 0.15) is 0 Å². The van der Waals surface area contributed by atoms with Crippen molar-refractivity contribution in [3.05, 3.63) is 56.0 Å². The molecular weight excluding hydrogens is 567 g/mol. The Bertz CT molecular complexity index is 1350. The molecule has 0 radical (unpaired) electrons. The smallest absolute Gasteiger partial charge is 0.359 e. The van der Waals surface area contributed by atoms with E-state index >= 15 is 0 Å². The molecule has 0 saturated carbocycles. The van der Waals surface area contributed by atoms with Crippen LogP contribution in [0.15, 0.2) is 23.0 Å². The molecule has 2 aliphatic rings. The summed E-state index contributed by atoms with van der Waals surface area (Å²) in [4.78, 5) is 46.1. The maximum Gasteiger partial charge on any atom is 0.417 e. The summed E-state index contributed by atoms with van der Waals surface area (Å²) in [5.74, 6) is 0.262. The van der Waals surface area contributed by atoms with Crippen LogP contribution in [0.5, 0.6) is 0 Å². The SMILES string of the molecule is CNC(=O)[C@H]1CCCS[C@H](n2c(NC(C)C)nc3c(c2=O)C[C@@H](C)N(C(=O)c2ccc(Cl)c(C(F)(F)F)c2)C3)C1. The van der Waals surface area contributed by atoms with Gasteiger partial charge in [0.15, 0.2) is 0 Å². The average Bonchev–Trinajstić information content (AvgIpc) is 3.13. The molecule has 4 rings (SSSR count). The predicted octanol–water partition coefficient (Wildman–Crippen LogP) is 5.10. The molecule has 218 valence electrons. The predicted molar refractivity (Wildman–Crippen MR) is 150 cm³/mol. The Hall–Kier alpha value is -2.73. The first kappa shape index (κ1) is 30.2. The number of rotatable bonds is 5. The van der Waals surface area contributed by atoms with Gasteiger partial charge in [0.05, 0.1) is 28.2 Å². The Labute approximate surface area is 240 Å². The highest BCUT2D eigenvalue weighted by atomic mass is 35.5. The van der Waals surface area contributed by atoms with Gasteiger partial charge in [0.25, 0.3) is 11.5 Å². The minimum Gasteiger partial charge on any atom is -0.359 e. The minimum absolute atomic E-state index is 0.0269. The van der Waals surface area contributed by atoms with Crippen LogP contribution in [-0.4, -0.2) is 51.1 Å². The van der Waals surface area contributed by atoms with E-state index in [1.807, 2.05) is 13.8 Å². The summed E-state index contributed by atoms with van der Waals surface area (Å²) >= 11 is 7.36. The van der Waals surface area contributed by atoms with Crippen molar-refractivity contribution in [3.63, 3.8) is 0 Å². The number of carbonyl (C=O) groups excluding carboxylic acids is 2. The van der Waals surface area contributed by atoms with E-state index in [1.54, 1.807) is 30.3 Å². The molecule has 3 atom stereocenters. The van der Waals surface area contributed by atoms with Crippen LogP contribution in [0, 0.1) is 5.92 Å². The number of nitrogens with one attached hydrogen (secondary N) is 2. The average molecular weight is 600 g/mol. The molecule has 40 heavy (non-hydrogen) atoms. The lowest BCUT2D eigenvalue weighted by Crippen LogP contribution is -2.46.